The molecule has 0 saturated carbocycles. The van der Waals surface area contributed by atoms with E-state index >= 15 is 0 Å². The quantitative estimate of drug-likeness (QED) is 0.697. The van der Waals surface area contributed by atoms with E-state index in [4.69, 9.17) is 7.85 Å². The molecule has 1 aromatic rings. The van der Waals surface area contributed by atoms with Gasteiger partial charge in [0.15, 0.2) is 0 Å². The van der Waals surface area contributed by atoms with Crippen molar-refractivity contribution in [2.24, 2.45) is 0 Å². The van der Waals surface area contributed by atoms with Gasteiger partial charge in [-0.3, -0.25) is 4.79 Å². The number of halogens is 3. The van der Waals surface area contributed by atoms with Gasteiger partial charge in [0, 0.05) is 19.6 Å². The molecule has 2 aliphatic rings. The highest BCUT2D eigenvalue weighted by Gasteiger charge is 2.45. The maximum Gasteiger partial charge on any atom is 0.417 e. The van der Waals surface area contributed by atoms with Crippen molar-refractivity contribution in [1.29, 1.82) is 0 Å². The first-order chi connectivity index (χ1) is 8.89. The Kier molecular flexibility index (Phi) is 2.64. The van der Waals surface area contributed by atoms with Gasteiger partial charge in [0.1, 0.15) is 7.85 Å². The molecule has 1 fully saturated rings. The number of carbonyl (C=O) groups is 1. The molecule has 2 aliphatic heterocycles. The molecule has 1 aromatic carbocycles. The van der Waals surface area contributed by atoms with E-state index in [1.807, 2.05) is 0 Å². The SMILES string of the molecule is [B]c1cc2c(c(C(F)(F)F)c1)C(=O)N1CCNC[C@@H]21. The molecule has 0 aromatic heterocycles. The highest BCUT2D eigenvalue weighted by atomic mass is 19.4. The van der Waals surface area contributed by atoms with Crippen LogP contribution in [-0.2, 0) is 6.18 Å². The third-order valence-electron chi connectivity index (χ3n) is 3.57. The average Bonchev–Trinajstić information content (AvgIpc) is 2.62. The minimum Gasteiger partial charge on any atom is -0.329 e. The summed E-state index contributed by atoms with van der Waals surface area (Å²) in [5.74, 6) is -0.547. The zero-order chi connectivity index (χ0) is 13.8. The summed E-state index contributed by atoms with van der Waals surface area (Å²) in [6, 6.07) is 1.96. The summed E-state index contributed by atoms with van der Waals surface area (Å²) in [6.45, 7) is 1.46. The summed E-state index contributed by atoms with van der Waals surface area (Å²) < 4.78 is 39.1. The van der Waals surface area contributed by atoms with Gasteiger partial charge in [0.2, 0.25) is 0 Å². The standard InChI is InChI=1S/C12H10BF3N2O/c13-6-3-7-9-5-17-1-2-18(9)11(19)10(7)8(4-6)12(14,15)16/h3-4,9,17H,1-2,5H2/t9-/m0/s1. The van der Waals surface area contributed by atoms with E-state index in [1.165, 1.54) is 11.0 Å². The number of nitrogens with zero attached hydrogens (tertiary/aromatic N) is 1. The highest BCUT2D eigenvalue weighted by molar-refractivity contribution is 6.32. The molecular formula is C12H10BF3N2O. The van der Waals surface area contributed by atoms with Gasteiger partial charge in [-0.05, 0) is 5.56 Å². The number of piperazine rings is 1. The van der Waals surface area contributed by atoms with Crippen LogP contribution < -0.4 is 10.8 Å². The summed E-state index contributed by atoms with van der Waals surface area (Å²) in [5.41, 5.74) is -0.756. The molecule has 3 rings (SSSR count). The molecule has 1 amide bonds. The summed E-state index contributed by atoms with van der Waals surface area (Å²) >= 11 is 0. The van der Waals surface area contributed by atoms with Crippen molar-refractivity contribution < 1.29 is 18.0 Å². The summed E-state index contributed by atoms with van der Waals surface area (Å²) in [5, 5.41) is 3.08. The highest BCUT2D eigenvalue weighted by Crippen LogP contribution is 2.41. The number of hydrogen-bond acceptors (Lipinski definition) is 2. The minimum atomic E-state index is -4.57. The molecule has 0 aliphatic carbocycles. The second-order valence-electron chi connectivity index (χ2n) is 4.75. The summed E-state index contributed by atoms with van der Waals surface area (Å²) in [6.07, 6.45) is -4.57. The lowest BCUT2D eigenvalue weighted by Gasteiger charge is -2.30. The van der Waals surface area contributed by atoms with Gasteiger partial charge in [-0.25, -0.2) is 0 Å². The number of alkyl halides is 3. The summed E-state index contributed by atoms with van der Waals surface area (Å²) in [4.78, 5) is 13.6. The van der Waals surface area contributed by atoms with Gasteiger partial charge in [-0.15, -0.1) is 0 Å². The van der Waals surface area contributed by atoms with Gasteiger partial charge >= 0.3 is 6.18 Å². The second kappa shape index (κ2) is 4.00. The van der Waals surface area contributed by atoms with Crippen LogP contribution in [0, 0.1) is 0 Å². The van der Waals surface area contributed by atoms with Gasteiger partial charge in [-0.2, -0.15) is 13.2 Å². The van der Waals surface area contributed by atoms with E-state index in [-0.39, 0.29) is 17.1 Å². The smallest absolute Gasteiger partial charge is 0.329 e. The molecule has 7 heteroatoms. The van der Waals surface area contributed by atoms with Crippen LogP contribution in [0.4, 0.5) is 13.2 Å². The third kappa shape index (κ3) is 1.83. The maximum atomic E-state index is 13.0. The minimum absolute atomic E-state index is 0.0336. The number of rotatable bonds is 0. The average molecular weight is 266 g/mol. The van der Waals surface area contributed by atoms with Crippen LogP contribution in [0.3, 0.4) is 0 Å². The van der Waals surface area contributed by atoms with Crippen molar-refractivity contribution >= 4 is 19.2 Å². The Balaban J connectivity index is 2.21. The summed E-state index contributed by atoms with van der Waals surface area (Å²) in [7, 11) is 5.55. The Bertz CT molecular complexity index is 559. The van der Waals surface area contributed by atoms with Crippen molar-refractivity contribution in [2.45, 2.75) is 12.2 Å². The Morgan fingerprint density at radius 3 is 2.79 bits per heavy atom. The number of benzene rings is 1. The normalized spacial score (nSPS) is 22.4. The molecule has 2 heterocycles. The zero-order valence-corrected chi connectivity index (χ0v) is 9.92. The first-order valence-corrected chi connectivity index (χ1v) is 5.92. The van der Waals surface area contributed by atoms with Crippen molar-refractivity contribution in [3.63, 3.8) is 0 Å². The predicted molar refractivity (Wildman–Crippen MR) is 63.5 cm³/mol. The zero-order valence-electron chi connectivity index (χ0n) is 9.92. The van der Waals surface area contributed by atoms with Crippen LogP contribution in [0.15, 0.2) is 12.1 Å². The van der Waals surface area contributed by atoms with Crippen LogP contribution >= 0.6 is 0 Å². The Morgan fingerprint density at radius 2 is 2.11 bits per heavy atom. The fourth-order valence-corrected chi connectivity index (χ4v) is 2.78. The van der Waals surface area contributed by atoms with E-state index in [0.29, 0.717) is 25.2 Å². The monoisotopic (exact) mass is 266 g/mol. The molecule has 0 spiro atoms. The number of carbonyl (C=O) groups excluding carboxylic acids is 1. The number of nitrogens with one attached hydrogen (secondary N) is 1. The van der Waals surface area contributed by atoms with E-state index < -0.39 is 17.6 Å². The van der Waals surface area contributed by atoms with Crippen molar-refractivity contribution in [3.05, 3.63) is 28.8 Å². The van der Waals surface area contributed by atoms with Crippen LogP contribution in [-0.4, -0.2) is 38.3 Å². The molecule has 3 nitrogen and oxygen atoms in total. The first kappa shape index (κ1) is 12.5. The maximum absolute atomic E-state index is 13.0. The first-order valence-electron chi connectivity index (χ1n) is 5.92. The van der Waals surface area contributed by atoms with Gasteiger partial charge in [-0.1, -0.05) is 17.6 Å². The molecule has 1 saturated heterocycles. The predicted octanol–water partition coefficient (Wildman–Crippen LogP) is 0.599. The van der Waals surface area contributed by atoms with E-state index in [9.17, 15) is 18.0 Å². The van der Waals surface area contributed by atoms with Crippen LogP contribution in [0.25, 0.3) is 0 Å². The van der Waals surface area contributed by atoms with Gasteiger partial charge < -0.3 is 10.2 Å². The van der Waals surface area contributed by atoms with Crippen LogP contribution in [0.1, 0.15) is 27.5 Å². The Labute approximate surface area is 109 Å². The van der Waals surface area contributed by atoms with Crippen LogP contribution in [0.2, 0.25) is 0 Å². The topological polar surface area (TPSA) is 32.3 Å². The lowest BCUT2D eigenvalue weighted by molar-refractivity contribution is -0.137. The van der Waals surface area contributed by atoms with Crippen molar-refractivity contribution in [3.8, 4) is 0 Å². The lowest BCUT2D eigenvalue weighted by atomic mass is 9.87. The van der Waals surface area contributed by atoms with Crippen LogP contribution in [0.5, 0.6) is 0 Å². The molecule has 19 heavy (non-hydrogen) atoms. The molecule has 98 valence electrons. The fourth-order valence-electron chi connectivity index (χ4n) is 2.78. The lowest BCUT2D eigenvalue weighted by Crippen LogP contribution is -2.44. The molecular weight excluding hydrogens is 256 g/mol. The Hall–Kier alpha value is -1.50. The largest absolute Gasteiger partial charge is 0.417 e. The molecule has 1 atom stereocenters. The third-order valence-corrected chi connectivity index (χ3v) is 3.57. The Morgan fingerprint density at radius 1 is 1.37 bits per heavy atom. The van der Waals surface area contributed by atoms with Crippen molar-refractivity contribution in [1.82, 2.24) is 10.2 Å². The number of amides is 1. The molecule has 0 bridgehead atoms. The van der Waals surface area contributed by atoms with E-state index in [2.05, 4.69) is 5.32 Å². The molecule has 2 radical (unpaired) electrons. The van der Waals surface area contributed by atoms with Crippen molar-refractivity contribution in [2.75, 3.05) is 19.6 Å². The van der Waals surface area contributed by atoms with E-state index in [1.54, 1.807) is 0 Å². The van der Waals surface area contributed by atoms with E-state index in [0.717, 1.165) is 6.07 Å². The van der Waals surface area contributed by atoms with Gasteiger partial charge in [0.25, 0.3) is 5.91 Å². The molecule has 0 unspecified atom stereocenters. The number of fused-ring (bicyclic) bond motifs is 3. The fraction of sp³-hybridized carbons (Fsp3) is 0.417. The van der Waals surface area contributed by atoms with Gasteiger partial charge in [0.05, 0.1) is 17.2 Å². The number of hydrogen-bond donors (Lipinski definition) is 1. The second-order valence-corrected chi connectivity index (χ2v) is 4.75. The molecule has 1 N–H and O–H groups in total.